The van der Waals surface area contributed by atoms with Gasteiger partial charge in [0.15, 0.2) is 5.58 Å². The molecule has 2 heterocycles. The lowest BCUT2D eigenvalue weighted by atomic mass is 10.1. The van der Waals surface area contributed by atoms with Crippen LogP contribution in [0.4, 0.5) is 11.4 Å². The third kappa shape index (κ3) is 5.19. The molecule has 1 amide bonds. The van der Waals surface area contributed by atoms with Crippen LogP contribution in [0, 0.1) is 6.92 Å². The third-order valence-electron chi connectivity index (χ3n) is 5.73. The van der Waals surface area contributed by atoms with Crippen molar-refractivity contribution in [2.45, 2.75) is 13.5 Å². The van der Waals surface area contributed by atoms with Gasteiger partial charge < -0.3 is 33.8 Å². The van der Waals surface area contributed by atoms with Crippen LogP contribution in [-0.2, 0) is 6.61 Å². The molecule has 0 saturated heterocycles. The Kier molecular flexibility index (Phi) is 7.59. The van der Waals surface area contributed by atoms with Gasteiger partial charge in [-0.05, 0) is 37.3 Å². The molecule has 0 bridgehead atoms. The largest absolute Gasteiger partial charge is 0.497 e. The Morgan fingerprint density at radius 3 is 2.35 bits per heavy atom. The number of aromatic nitrogens is 1. The highest BCUT2D eigenvalue weighted by Crippen LogP contribution is 2.32. The van der Waals surface area contributed by atoms with Crippen LogP contribution < -0.4 is 29.8 Å². The summed E-state index contributed by atoms with van der Waals surface area (Å²) in [7, 11) is 6.09. The van der Waals surface area contributed by atoms with Gasteiger partial charge in [-0.1, -0.05) is 0 Å². The van der Waals surface area contributed by atoms with Crippen molar-refractivity contribution in [3.63, 3.8) is 0 Å². The topological polar surface area (TPSA) is 125 Å². The summed E-state index contributed by atoms with van der Waals surface area (Å²) < 4.78 is 27.6. The minimum Gasteiger partial charge on any atom is -0.497 e. The lowest BCUT2D eigenvalue weighted by Crippen LogP contribution is -2.22. The number of aliphatic hydroxyl groups is 1. The smallest absolute Gasteiger partial charge is 0.261 e. The number of benzene rings is 2. The first-order valence-electron chi connectivity index (χ1n) is 11.3. The maximum Gasteiger partial charge on any atom is 0.261 e. The van der Waals surface area contributed by atoms with Crippen molar-refractivity contribution < 1.29 is 33.3 Å². The molecule has 2 aromatic carbocycles. The van der Waals surface area contributed by atoms with Crippen LogP contribution in [0.15, 0.2) is 58.1 Å². The van der Waals surface area contributed by atoms with E-state index in [1.165, 1.54) is 14.2 Å². The SMILES string of the molecule is COc1ccc(OC)c(N=c2oc3c(C)ncc(CO)c3cc2C(=O)Nc2ccc(OC)cc2OC)c1. The number of anilines is 1. The van der Waals surface area contributed by atoms with Gasteiger partial charge in [0.1, 0.15) is 34.2 Å². The lowest BCUT2D eigenvalue weighted by molar-refractivity contribution is 0.102. The highest BCUT2D eigenvalue weighted by atomic mass is 16.5. The number of ether oxygens (including phenoxy) is 4. The van der Waals surface area contributed by atoms with E-state index in [0.717, 1.165) is 0 Å². The number of aryl methyl sites for hydroxylation is 1. The van der Waals surface area contributed by atoms with Gasteiger partial charge in [-0.15, -0.1) is 0 Å². The van der Waals surface area contributed by atoms with Crippen LogP contribution in [0.5, 0.6) is 23.0 Å². The molecule has 0 saturated carbocycles. The minimum atomic E-state index is -0.506. The first-order chi connectivity index (χ1) is 17.9. The van der Waals surface area contributed by atoms with Crippen LogP contribution in [0.3, 0.4) is 0 Å². The van der Waals surface area contributed by atoms with Crippen molar-refractivity contribution in [2.24, 2.45) is 4.99 Å². The van der Waals surface area contributed by atoms with Crippen LogP contribution in [0.2, 0.25) is 0 Å². The fourth-order valence-corrected chi connectivity index (χ4v) is 3.75. The summed E-state index contributed by atoms with van der Waals surface area (Å²) >= 11 is 0. The van der Waals surface area contributed by atoms with Gasteiger partial charge in [0, 0.05) is 29.3 Å². The summed E-state index contributed by atoms with van der Waals surface area (Å²) in [5, 5.41) is 13.3. The molecular formula is C27H27N3O7. The number of pyridine rings is 1. The zero-order valence-corrected chi connectivity index (χ0v) is 21.1. The Hall–Kier alpha value is -4.57. The standard InChI is InChI=1S/C27H27N3O7/c1-15-25-19(16(14-31)13-28-15)12-20(26(32)29-21-8-6-18(34-3)11-24(21)36-5)27(37-25)30-22-10-17(33-2)7-9-23(22)35-4/h6-13,31H,14H2,1-5H3,(H,29,32). The van der Waals surface area contributed by atoms with Gasteiger partial charge in [-0.25, -0.2) is 4.99 Å². The molecule has 0 fully saturated rings. The number of hydrogen-bond donors (Lipinski definition) is 2. The average molecular weight is 506 g/mol. The van der Waals surface area contributed by atoms with Crippen LogP contribution >= 0.6 is 0 Å². The van der Waals surface area contributed by atoms with Gasteiger partial charge in [-0.2, -0.15) is 0 Å². The number of methoxy groups -OCH3 is 4. The highest BCUT2D eigenvalue weighted by Gasteiger charge is 2.19. The monoisotopic (exact) mass is 505 g/mol. The minimum absolute atomic E-state index is 0.0176. The van der Waals surface area contributed by atoms with E-state index in [2.05, 4.69) is 15.3 Å². The number of nitrogens with zero attached hydrogens (tertiary/aromatic N) is 2. The Morgan fingerprint density at radius 2 is 1.68 bits per heavy atom. The molecule has 10 nitrogen and oxygen atoms in total. The van der Waals surface area contributed by atoms with Crippen LogP contribution in [-0.4, -0.2) is 44.4 Å². The molecule has 192 valence electrons. The van der Waals surface area contributed by atoms with Crippen molar-refractivity contribution in [1.29, 1.82) is 0 Å². The number of fused-ring (bicyclic) bond motifs is 1. The van der Waals surface area contributed by atoms with E-state index in [1.54, 1.807) is 69.8 Å². The molecule has 0 aliphatic heterocycles. The van der Waals surface area contributed by atoms with E-state index < -0.39 is 5.91 Å². The predicted molar refractivity (Wildman–Crippen MR) is 137 cm³/mol. The first-order valence-corrected chi connectivity index (χ1v) is 11.3. The van der Waals surface area contributed by atoms with Crippen LogP contribution in [0.25, 0.3) is 11.0 Å². The van der Waals surface area contributed by atoms with E-state index in [9.17, 15) is 9.90 Å². The van der Waals surface area contributed by atoms with Crippen molar-refractivity contribution in [2.75, 3.05) is 33.8 Å². The van der Waals surface area contributed by atoms with Gasteiger partial charge in [0.05, 0.1) is 46.4 Å². The maximum atomic E-state index is 13.6. The summed E-state index contributed by atoms with van der Waals surface area (Å²) in [6.07, 6.45) is 1.54. The summed E-state index contributed by atoms with van der Waals surface area (Å²) in [6, 6.07) is 11.8. The van der Waals surface area contributed by atoms with Crippen molar-refractivity contribution in [3.05, 3.63) is 71.0 Å². The van der Waals surface area contributed by atoms with E-state index in [-0.39, 0.29) is 17.7 Å². The maximum absolute atomic E-state index is 13.6. The van der Waals surface area contributed by atoms with Crippen molar-refractivity contribution >= 4 is 28.3 Å². The molecular weight excluding hydrogens is 478 g/mol. The summed E-state index contributed by atoms with van der Waals surface area (Å²) in [4.78, 5) is 22.5. The van der Waals surface area contributed by atoms with E-state index >= 15 is 0 Å². The summed E-state index contributed by atoms with van der Waals surface area (Å²) in [5.74, 6) is 1.49. The molecule has 4 aromatic rings. The van der Waals surface area contributed by atoms with E-state index in [0.29, 0.717) is 56.6 Å². The highest BCUT2D eigenvalue weighted by molar-refractivity contribution is 6.06. The molecule has 37 heavy (non-hydrogen) atoms. The number of amides is 1. The molecule has 0 aliphatic rings. The number of carbonyl (C=O) groups excluding carboxylic acids is 1. The fourth-order valence-electron chi connectivity index (χ4n) is 3.75. The van der Waals surface area contributed by atoms with Crippen molar-refractivity contribution in [3.8, 4) is 23.0 Å². The molecule has 10 heteroatoms. The second-order valence-electron chi connectivity index (χ2n) is 7.90. The molecule has 0 atom stereocenters. The zero-order valence-electron chi connectivity index (χ0n) is 21.1. The summed E-state index contributed by atoms with van der Waals surface area (Å²) in [5.41, 5.74) is 2.43. The number of nitrogens with one attached hydrogen (secondary N) is 1. The number of rotatable bonds is 8. The quantitative estimate of drug-likeness (QED) is 0.366. The predicted octanol–water partition coefficient (Wildman–Crippen LogP) is 4.15. The van der Waals surface area contributed by atoms with Crippen LogP contribution in [0.1, 0.15) is 21.6 Å². The molecule has 4 rings (SSSR count). The number of hydrogen-bond acceptors (Lipinski definition) is 9. The molecule has 0 aliphatic carbocycles. The number of carbonyl (C=O) groups is 1. The van der Waals surface area contributed by atoms with Gasteiger partial charge >= 0.3 is 0 Å². The van der Waals surface area contributed by atoms with Gasteiger partial charge in [0.2, 0.25) is 5.55 Å². The lowest BCUT2D eigenvalue weighted by Gasteiger charge is -2.13. The molecule has 0 spiro atoms. The fraction of sp³-hybridized carbons (Fsp3) is 0.222. The number of aliphatic hydroxyl groups excluding tert-OH is 1. The Labute approximate surface area is 213 Å². The second-order valence-corrected chi connectivity index (χ2v) is 7.90. The zero-order chi connectivity index (χ0) is 26.5. The third-order valence-corrected chi connectivity index (χ3v) is 5.73. The molecule has 0 radical (unpaired) electrons. The Morgan fingerprint density at radius 1 is 0.973 bits per heavy atom. The molecule has 2 aromatic heterocycles. The van der Waals surface area contributed by atoms with Gasteiger partial charge in [0.25, 0.3) is 5.91 Å². The Bertz CT molecular complexity index is 1530. The first kappa shape index (κ1) is 25.5. The van der Waals surface area contributed by atoms with E-state index in [1.807, 2.05) is 0 Å². The Balaban J connectivity index is 1.94. The average Bonchev–Trinajstić information content (AvgIpc) is 2.93. The van der Waals surface area contributed by atoms with Crippen molar-refractivity contribution in [1.82, 2.24) is 4.98 Å². The molecule has 0 unspecified atom stereocenters. The second kappa shape index (κ2) is 11.0. The summed E-state index contributed by atoms with van der Waals surface area (Å²) in [6.45, 7) is 1.48. The molecule has 2 N–H and O–H groups in total. The van der Waals surface area contributed by atoms with Gasteiger partial charge in [-0.3, -0.25) is 9.78 Å². The normalized spacial score (nSPS) is 11.4. The van der Waals surface area contributed by atoms with E-state index in [4.69, 9.17) is 23.4 Å².